The van der Waals surface area contributed by atoms with Gasteiger partial charge in [-0.25, -0.2) is 0 Å². The van der Waals surface area contributed by atoms with Crippen molar-refractivity contribution >= 4 is 28.8 Å². The van der Waals surface area contributed by atoms with Gasteiger partial charge in [0.05, 0.1) is 0 Å². The molecule has 0 bridgehead atoms. The van der Waals surface area contributed by atoms with E-state index in [2.05, 4.69) is 27.7 Å². The summed E-state index contributed by atoms with van der Waals surface area (Å²) in [6.45, 7) is 4.77. The molecule has 0 radical (unpaired) electrons. The molecule has 1 aromatic heterocycles. The molecule has 2 aromatic rings. The van der Waals surface area contributed by atoms with Crippen LogP contribution < -0.4 is 5.32 Å². The lowest BCUT2D eigenvalue weighted by molar-refractivity contribution is -0.124. The molecule has 4 rings (SSSR count). The minimum Gasteiger partial charge on any atom is -0.368 e. The molecule has 28 heavy (non-hydrogen) atoms. The minimum absolute atomic E-state index is 0.0176. The molecule has 148 valence electrons. The molecule has 2 fully saturated rings. The van der Waals surface area contributed by atoms with Gasteiger partial charge in [0, 0.05) is 55.5 Å². The summed E-state index contributed by atoms with van der Waals surface area (Å²) in [6.07, 6.45) is 1.28. The molecule has 1 aromatic carbocycles. The van der Waals surface area contributed by atoms with Crippen molar-refractivity contribution in [1.82, 2.24) is 9.80 Å². The van der Waals surface area contributed by atoms with Gasteiger partial charge in [0.2, 0.25) is 0 Å². The number of nitrogens with one attached hydrogen (secondary N) is 1. The highest BCUT2D eigenvalue weighted by Crippen LogP contribution is 2.18. The van der Waals surface area contributed by atoms with E-state index in [-0.39, 0.29) is 17.9 Å². The number of nitrogens with zero attached hydrogens (tertiary/aromatic N) is 2. The Hall–Kier alpha value is -2.22. The maximum atomic E-state index is 12.9. The van der Waals surface area contributed by atoms with Crippen LogP contribution in [0.15, 0.2) is 41.8 Å². The summed E-state index contributed by atoms with van der Waals surface area (Å²) >= 11 is 1.77. The van der Waals surface area contributed by atoms with Crippen LogP contribution in [0.25, 0.3) is 0 Å². The van der Waals surface area contributed by atoms with Crippen molar-refractivity contribution in [3.63, 3.8) is 0 Å². The zero-order chi connectivity index (χ0) is 19.3. The molecule has 2 aliphatic heterocycles. The largest absolute Gasteiger partial charge is 0.368 e. The maximum absolute atomic E-state index is 12.9. The molecule has 1 atom stereocenters. The van der Waals surface area contributed by atoms with Gasteiger partial charge in [0.25, 0.3) is 11.8 Å². The fraction of sp³-hybridized carbons (Fsp3) is 0.429. The normalized spacial score (nSPS) is 20.3. The lowest BCUT2D eigenvalue weighted by Gasteiger charge is -2.34. The maximum Gasteiger partial charge on any atom is 0.254 e. The SMILES string of the molecule is O=C(Nc1cccc(C(=O)N2CCN(Cc3cccs3)CC2)c1)[C@H]1CCCO1. The second-order valence-corrected chi connectivity index (χ2v) is 8.25. The van der Waals surface area contributed by atoms with E-state index < -0.39 is 0 Å². The Bertz CT molecular complexity index is 810. The van der Waals surface area contributed by atoms with E-state index in [0.29, 0.717) is 17.9 Å². The van der Waals surface area contributed by atoms with Crippen molar-refractivity contribution in [2.75, 3.05) is 38.1 Å². The Morgan fingerprint density at radius 2 is 2.00 bits per heavy atom. The van der Waals surface area contributed by atoms with Crippen molar-refractivity contribution in [3.8, 4) is 0 Å². The number of ether oxygens (including phenoxy) is 1. The number of carbonyl (C=O) groups excluding carboxylic acids is 2. The summed E-state index contributed by atoms with van der Waals surface area (Å²) in [7, 11) is 0. The van der Waals surface area contributed by atoms with E-state index in [0.717, 1.165) is 45.6 Å². The van der Waals surface area contributed by atoms with Crippen molar-refractivity contribution < 1.29 is 14.3 Å². The van der Waals surface area contributed by atoms with E-state index in [1.54, 1.807) is 17.4 Å². The molecule has 6 nitrogen and oxygen atoms in total. The van der Waals surface area contributed by atoms with Crippen molar-refractivity contribution in [1.29, 1.82) is 0 Å². The Morgan fingerprint density at radius 1 is 1.14 bits per heavy atom. The number of carbonyl (C=O) groups is 2. The zero-order valence-corrected chi connectivity index (χ0v) is 16.6. The third-order valence-electron chi connectivity index (χ3n) is 5.22. The lowest BCUT2D eigenvalue weighted by Crippen LogP contribution is -2.48. The topological polar surface area (TPSA) is 61.9 Å². The van der Waals surface area contributed by atoms with Gasteiger partial charge in [-0.15, -0.1) is 11.3 Å². The van der Waals surface area contributed by atoms with Crippen LogP contribution in [-0.2, 0) is 16.1 Å². The monoisotopic (exact) mass is 399 g/mol. The fourth-order valence-corrected chi connectivity index (χ4v) is 4.40. The molecule has 0 unspecified atom stereocenters. The van der Waals surface area contributed by atoms with E-state index >= 15 is 0 Å². The number of thiophene rings is 1. The molecule has 0 spiro atoms. The molecule has 0 aliphatic carbocycles. The molecular formula is C21H25N3O3S. The highest BCUT2D eigenvalue weighted by molar-refractivity contribution is 7.09. The molecule has 3 heterocycles. The minimum atomic E-state index is -0.379. The third-order valence-corrected chi connectivity index (χ3v) is 6.08. The average Bonchev–Trinajstić information content (AvgIpc) is 3.42. The number of amides is 2. The van der Waals surface area contributed by atoms with Gasteiger partial charge in [0.15, 0.2) is 0 Å². The van der Waals surface area contributed by atoms with Crippen molar-refractivity contribution in [2.24, 2.45) is 0 Å². The van der Waals surface area contributed by atoms with Crippen LogP contribution in [0.4, 0.5) is 5.69 Å². The first-order valence-electron chi connectivity index (χ1n) is 9.75. The number of hydrogen-bond acceptors (Lipinski definition) is 5. The lowest BCUT2D eigenvalue weighted by atomic mass is 10.1. The Balaban J connectivity index is 1.32. The van der Waals surface area contributed by atoms with E-state index in [4.69, 9.17) is 4.74 Å². The Morgan fingerprint density at radius 3 is 2.71 bits per heavy atom. The predicted molar refractivity (Wildman–Crippen MR) is 110 cm³/mol. The first-order valence-corrected chi connectivity index (χ1v) is 10.6. The predicted octanol–water partition coefficient (Wildman–Crippen LogP) is 2.82. The quantitative estimate of drug-likeness (QED) is 0.840. The van der Waals surface area contributed by atoms with Gasteiger partial charge in [-0.2, -0.15) is 0 Å². The number of anilines is 1. The van der Waals surface area contributed by atoms with Gasteiger partial charge in [0.1, 0.15) is 6.10 Å². The van der Waals surface area contributed by atoms with Gasteiger partial charge < -0.3 is 15.0 Å². The summed E-state index contributed by atoms with van der Waals surface area (Å²) < 4.78 is 5.42. The Kier molecular flexibility index (Phi) is 6.04. The number of piperazine rings is 1. The van der Waals surface area contributed by atoms with Gasteiger partial charge in [-0.3, -0.25) is 14.5 Å². The summed E-state index contributed by atoms with van der Waals surface area (Å²) in [5.74, 6) is -0.117. The summed E-state index contributed by atoms with van der Waals surface area (Å²) in [4.78, 5) is 30.8. The first-order chi connectivity index (χ1) is 13.7. The standard InChI is InChI=1S/C21H25N3O3S/c25-20(19-7-2-12-27-19)22-17-5-1-4-16(14-17)21(26)24-10-8-23(9-11-24)15-18-6-3-13-28-18/h1,3-6,13-14,19H,2,7-12,15H2,(H,22,25)/t19-/m1/s1. The van der Waals surface area contributed by atoms with Crippen molar-refractivity contribution in [3.05, 3.63) is 52.2 Å². The molecule has 0 saturated carbocycles. The summed E-state index contributed by atoms with van der Waals surface area (Å²) in [5, 5.41) is 4.97. The van der Waals surface area contributed by atoms with E-state index in [1.807, 2.05) is 23.1 Å². The van der Waals surface area contributed by atoms with Gasteiger partial charge >= 0.3 is 0 Å². The smallest absolute Gasteiger partial charge is 0.254 e. The average molecular weight is 400 g/mol. The zero-order valence-electron chi connectivity index (χ0n) is 15.8. The highest BCUT2D eigenvalue weighted by atomic mass is 32.1. The van der Waals surface area contributed by atoms with Crippen LogP contribution in [0.2, 0.25) is 0 Å². The molecule has 7 heteroatoms. The van der Waals surface area contributed by atoms with E-state index in [1.165, 1.54) is 4.88 Å². The second-order valence-electron chi connectivity index (χ2n) is 7.22. The molecule has 2 aliphatic rings. The van der Waals surface area contributed by atoms with Gasteiger partial charge in [-0.05, 0) is 42.5 Å². The molecule has 2 amide bonds. The number of rotatable bonds is 5. The Labute approximate surface area is 169 Å². The summed E-state index contributed by atoms with van der Waals surface area (Å²) in [6, 6.07) is 11.4. The van der Waals surface area contributed by atoms with Crippen LogP contribution in [0, 0.1) is 0 Å². The van der Waals surface area contributed by atoms with Crippen LogP contribution >= 0.6 is 11.3 Å². The number of benzene rings is 1. The molecule has 1 N–H and O–H groups in total. The number of hydrogen-bond donors (Lipinski definition) is 1. The first kappa shape index (κ1) is 19.1. The summed E-state index contributed by atoms with van der Waals surface area (Å²) in [5.41, 5.74) is 1.25. The van der Waals surface area contributed by atoms with Crippen LogP contribution in [0.3, 0.4) is 0 Å². The molecular weight excluding hydrogens is 374 g/mol. The van der Waals surface area contributed by atoms with Crippen LogP contribution in [-0.4, -0.2) is 60.5 Å². The third kappa shape index (κ3) is 4.60. The second kappa shape index (κ2) is 8.86. The van der Waals surface area contributed by atoms with Crippen molar-refractivity contribution in [2.45, 2.75) is 25.5 Å². The fourth-order valence-electron chi connectivity index (χ4n) is 3.65. The highest BCUT2D eigenvalue weighted by Gasteiger charge is 2.25. The van der Waals surface area contributed by atoms with Crippen LogP contribution in [0.1, 0.15) is 28.1 Å². The molecule has 2 saturated heterocycles. The van der Waals surface area contributed by atoms with E-state index in [9.17, 15) is 9.59 Å². The van der Waals surface area contributed by atoms with Gasteiger partial charge in [-0.1, -0.05) is 12.1 Å². The van der Waals surface area contributed by atoms with Crippen LogP contribution in [0.5, 0.6) is 0 Å².